The summed E-state index contributed by atoms with van der Waals surface area (Å²) in [5.41, 5.74) is 6.73. The number of nitro groups is 2. The summed E-state index contributed by atoms with van der Waals surface area (Å²) in [5, 5.41) is 26.1. The Balaban J connectivity index is 2.71. The van der Waals surface area contributed by atoms with Crippen LogP contribution in [0.5, 0.6) is 5.75 Å². The molecule has 1 aromatic heterocycles. The molecule has 0 bridgehead atoms. The predicted octanol–water partition coefficient (Wildman–Crippen LogP) is 1.23. The molecular weight excluding hydrogens is 340 g/mol. The molecule has 124 valence electrons. The van der Waals surface area contributed by atoms with Gasteiger partial charge in [0, 0.05) is 0 Å². The topological polar surface area (TPSA) is 159 Å². The maximum absolute atomic E-state index is 11.3. The minimum absolute atomic E-state index is 0.0227. The third-order valence-corrected chi connectivity index (χ3v) is 2.98. The fourth-order valence-electron chi connectivity index (χ4n) is 1.97. The Morgan fingerprint density at radius 3 is 2.67 bits per heavy atom. The molecule has 11 nitrogen and oxygen atoms in total. The third kappa shape index (κ3) is 3.33. The third-order valence-electron chi connectivity index (χ3n) is 2.89. The zero-order valence-electron chi connectivity index (χ0n) is 12.1. The summed E-state index contributed by atoms with van der Waals surface area (Å²) in [4.78, 5) is 25.2. The molecule has 0 atom stereocenters. The van der Waals surface area contributed by atoms with Gasteiger partial charge in [0.1, 0.15) is 0 Å². The number of methoxy groups -OCH3 is 1. The number of aromatic nitrogens is 1. The molecule has 0 saturated carbocycles. The first-order chi connectivity index (χ1) is 11.3. The van der Waals surface area contributed by atoms with E-state index >= 15 is 0 Å². The van der Waals surface area contributed by atoms with E-state index in [9.17, 15) is 20.2 Å². The summed E-state index contributed by atoms with van der Waals surface area (Å²) in [6, 6.07) is 3.70. The van der Waals surface area contributed by atoms with Gasteiger partial charge >= 0.3 is 5.69 Å². The number of ether oxygens (including phenoxy) is 1. The van der Waals surface area contributed by atoms with E-state index in [0.717, 1.165) is 6.07 Å². The summed E-state index contributed by atoms with van der Waals surface area (Å²) in [6.07, 6.45) is 1.22. The van der Waals surface area contributed by atoms with Crippen molar-refractivity contribution in [2.24, 2.45) is 10.8 Å². The number of nitro benzene ring substituents is 2. The maximum atomic E-state index is 11.3. The van der Waals surface area contributed by atoms with Crippen molar-refractivity contribution in [3.8, 4) is 5.75 Å². The largest absolute Gasteiger partial charge is 0.490 e. The molecule has 0 fully saturated rings. The maximum Gasteiger partial charge on any atom is 0.320 e. The van der Waals surface area contributed by atoms with Crippen LogP contribution >= 0.6 is 12.2 Å². The number of pyridine rings is 1. The molecule has 0 aliphatic rings. The number of nitrogens with one attached hydrogen (secondary N) is 1. The van der Waals surface area contributed by atoms with Crippen LogP contribution in [0.1, 0.15) is 5.69 Å². The van der Waals surface area contributed by atoms with Crippen molar-refractivity contribution >= 4 is 45.8 Å². The van der Waals surface area contributed by atoms with E-state index in [4.69, 9.17) is 10.5 Å². The fraction of sp³-hybridized carbons (Fsp3) is 0.0833. The van der Waals surface area contributed by atoms with Crippen molar-refractivity contribution in [1.82, 2.24) is 10.4 Å². The normalized spacial score (nSPS) is 10.7. The second kappa shape index (κ2) is 6.78. The van der Waals surface area contributed by atoms with Gasteiger partial charge in [0.25, 0.3) is 5.69 Å². The summed E-state index contributed by atoms with van der Waals surface area (Å²) in [5.74, 6) is -0.224. The number of rotatable bonds is 5. The minimum Gasteiger partial charge on any atom is -0.490 e. The van der Waals surface area contributed by atoms with Crippen molar-refractivity contribution < 1.29 is 14.6 Å². The van der Waals surface area contributed by atoms with E-state index in [1.165, 1.54) is 25.5 Å². The van der Waals surface area contributed by atoms with Crippen LogP contribution in [-0.4, -0.2) is 33.3 Å². The van der Waals surface area contributed by atoms with Crippen LogP contribution in [0.4, 0.5) is 11.4 Å². The molecule has 0 saturated heterocycles. The van der Waals surface area contributed by atoms with Gasteiger partial charge in [-0.25, -0.2) is 4.98 Å². The molecule has 0 spiro atoms. The molecule has 24 heavy (non-hydrogen) atoms. The number of hydrazone groups is 1. The zero-order chi connectivity index (χ0) is 17.9. The number of hydrogen-bond donors (Lipinski definition) is 2. The van der Waals surface area contributed by atoms with Crippen LogP contribution in [0, 0.1) is 20.2 Å². The molecule has 2 aromatic rings. The van der Waals surface area contributed by atoms with Crippen molar-refractivity contribution in [1.29, 1.82) is 0 Å². The first-order valence-corrected chi connectivity index (χ1v) is 6.65. The molecule has 2 rings (SSSR count). The number of benzene rings is 1. The van der Waals surface area contributed by atoms with E-state index in [2.05, 4.69) is 27.7 Å². The summed E-state index contributed by atoms with van der Waals surface area (Å²) < 4.78 is 4.89. The molecular formula is C12H10N6O5S. The predicted molar refractivity (Wildman–Crippen MR) is 89.1 cm³/mol. The average molecular weight is 350 g/mol. The SMILES string of the molecule is COc1cc([N+](=O)[O-])c2nc(C=NNC(N)=S)ccc2c1[N+](=O)[O-]. The van der Waals surface area contributed by atoms with Crippen LogP contribution in [0.15, 0.2) is 23.3 Å². The highest BCUT2D eigenvalue weighted by Gasteiger charge is 2.27. The number of thiocarbonyl (C=S) groups is 1. The van der Waals surface area contributed by atoms with E-state index in [1.807, 2.05) is 0 Å². The lowest BCUT2D eigenvalue weighted by Gasteiger charge is -2.06. The van der Waals surface area contributed by atoms with Crippen LogP contribution in [0.2, 0.25) is 0 Å². The molecule has 0 aliphatic heterocycles. The zero-order valence-corrected chi connectivity index (χ0v) is 12.9. The Labute approximate surface area is 139 Å². The van der Waals surface area contributed by atoms with Gasteiger partial charge in [-0.05, 0) is 24.4 Å². The molecule has 0 unspecified atom stereocenters. The minimum atomic E-state index is -0.699. The monoisotopic (exact) mass is 350 g/mol. The first-order valence-electron chi connectivity index (χ1n) is 6.24. The Bertz CT molecular complexity index is 884. The van der Waals surface area contributed by atoms with Gasteiger partial charge in [-0.2, -0.15) is 5.10 Å². The Kier molecular flexibility index (Phi) is 4.79. The van der Waals surface area contributed by atoms with E-state index in [1.54, 1.807) is 0 Å². The lowest BCUT2D eigenvalue weighted by Crippen LogP contribution is -2.24. The number of hydrogen-bond acceptors (Lipinski definition) is 8. The molecule has 1 heterocycles. The number of nitrogens with zero attached hydrogens (tertiary/aromatic N) is 4. The molecule has 3 N–H and O–H groups in total. The molecule has 0 radical (unpaired) electrons. The standard InChI is InChI=1S/C12H10N6O5S/c1-23-9-4-8(17(19)20)10-7(11(9)18(21)22)3-2-6(15-10)5-14-16-12(13)24/h2-5H,1H3,(H3,13,16,24). The van der Waals surface area contributed by atoms with Crippen molar-refractivity contribution in [3.63, 3.8) is 0 Å². The Morgan fingerprint density at radius 2 is 2.12 bits per heavy atom. The van der Waals surface area contributed by atoms with Gasteiger partial charge in [0.15, 0.2) is 10.6 Å². The summed E-state index contributed by atoms with van der Waals surface area (Å²) in [7, 11) is 1.19. The average Bonchev–Trinajstić information content (AvgIpc) is 2.52. The quantitative estimate of drug-likeness (QED) is 0.350. The highest BCUT2D eigenvalue weighted by Crippen LogP contribution is 2.39. The van der Waals surface area contributed by atoms with Crippen LogP contribution in [0.25, 0.3) is 10.9 Å². The van der Waals surface area contributed by atoms with E-state index in [-0.39, 0.29) is 27.5 Å². The van der Waals surface area contributed by atoms with E-state index in [0.29, 0.717) is 0 Å². The number of non-ortho nitro benzene ring substituents is 1. The highest BCUT2D eigenvalue weighted by atomic mass is 32.1. The second-order valence-corrected chi connectivity index (χ2v) is 4.77. The lowest BCUT2D eigenvalue weighted by molar-refractivity contribution is -0.387. The van der Waals surface area contributed by atoms with Gasteiger partial charge < -0.3 is 10.5 Å². The van der Waals surface area contributed by atoms with Crippen molar-refractivity contribution in [2.75, 3.05) is 7.11 Å². The fourth-order valence-corrected chi connectivity index (χ4v) is 2.02. The Hall–Kier alpha value is -3.41. The van der Waals surface area contributed by atoms with Gasteiger partial charge in [-0.15, -0.1) is 0 Å². The van der Waals surface area contributed by atoms with Crippen molar-refractivity contribution in [3.05, 3.63) is 44.1 Å². The smallest absolute Gasteiger partial charge is 0.320 e. The van der Waals surface area contributed by atoms with Crippen LogP contribution < -0.4 is 15.9 Å². The van der Waals surface area contributed by atoms with Gasteiger partial charge in [0.05, 0.1) is 40.3 Å². The van der Waals surface area contributed by atoms with Gasteiger partial charge in [0.2, 0.25) is 5.75 Å². The van der Waals surface area contributed by atoms with Gasteiger partial charge in [-0.3, -0.25) is 25.7 Å². The first kappa shape index (κ1) is 17.0. The Morgan fingerprint density at radius 1 is 1.42 bits per heavy atom. The lowest BCUT2D eigenvalue weighted by atomic mass is 10.1. The number of nitrogens with two attached hydrogens (primary N) is 1. The molecule has 0 aliphatic carbocycles. The number of fused-ring (bicyclic) bond motifs is 1. The summed E-state index contributed by atoms with van der Waals surface area (Å²) >= 11 is 4.57. The molecule has 1 aromatic carbocycles. The van der Waals surface area contributed by atoms with Gasteiger partial charge in [-0.1, -0.05) is 0 Å². The second-order valence-electron chi connectivity index (χ2n) is 4.33. The van der Waals surface area contributed by atoms with Crippen LogP contribution in [0.3, 0.4) is 0 Å². The van der Waals surface area contributed by atoms with E-state index < -0.39 is 21.2 Å². The summed E-state index contributed by atoms with van der Waals surface area (Å²) in [6.45, 7) is 0. The molecule has 12 heteroatoms. The van der Waals surface area contributed by atoms with Crippen molar-refractivity contribution in [2.45, 2.75) is 0 Å². The highest BCUT2D eigenvalue weighted by molar-refractivity contribution is 7.80. The molecule has 0 amide bonds. The van der Waals surface area contributed by atoms with Crippen LogP contribution in [-0.2, 0) is 0 Å².